The molecule has 4 nitrogen and oxygen atoms in total. The van der Waals surface area contributed by atoms with Crippen LogP contribution in [0.5, 0.6) is 0 Å². The number of aromatic nitrogens is 1. The fourth-order valence-corrected chi connectivity index (χ4v) is 1.91. The van der Waals surface area contributed by atoms with Gasteiger partial charge in [-0.05, 0) is 6.07 Å². The first-order valence-electron chi connectivity index (χ1n) is 3.89. The molecule has 0 amide bonds. The van der Waals surface area contributed by atoms with Gasteiger partial charge in [-0.15, -0.1) is 0 Å². The first-order chi connectivity index (χ1) is 6.74. The summed E-state index contributed by atoms with van der Waals surface area (Å²) in [5.41, 5.74) is 0.896. The molecule has 5 heteroatoms. The van der Waals surface area contributed by atoms with E-state index in [0.717, 1.165) is 3.97 Å². The van der Waals surface area contributed by atoms with Crippen LogP contribution in [0.1, 0.15) is 10.4 Å². The predicted molar refractivity (Wildman–Crippen MR) is 51.6 cm³/mol. The topological polar surface area (TPSA) is 62.1 Å². The number of carbonyl (C=O) groups excluding carboxylic acids is 1. The maximum atomic E-state index is 10.8. The Morgan fingerprint density at radius 1 is 1.36 bits per heavy atom. The molecule has 0 saturated heterocycles. The smallest absolute Gasteiger partial charge is 0.152 e. The predicted octanol–water partition coefficient (Wildman–Crippen LogP) is 1.10. The summed E-state index contributed by atoms with van der Waals surface area (Å²) in [5.74, 6) is 0. The number of hydrogen-bond acceptors (Lipinski definition) is 3. The second-order valence-electron chi connectivity index (χ2n) is 2.76. The summed E-state index contributed by atoms with van der Waals surface area (Å²) in [7, 11) is 0. The number of aldehydes is 1. The second kappa shape index (κ2) is 3.36. The number of nitrogens with zero attached hydrogens (tertiary/aromatic N) is 1. The highest BCUT2D eigenvalue weighted by molar-refractivity contribution is 7.77. The minimum Gasteiger partial charge on any atom is -0.755 e. The van der Waals surface area contributed by atoms with E-state index in [0.29, 0.717) is 22.8 Å². The van der Waals surface area contributed by atoms with Crippen LogP contribution in [0, 0.1) is 0 Å². The van der Waals surface area contributed by atoms with Gasteiger partial charge in [0.05, 0.1) is 16.8 Å². The van der Waals surface area contributed by atoms with E-state index in [-0.39, 0.29) is 0 Å². The SMILES string of the molecule is O=Cc1cn(S(=O)[O-])c2ccccc12. The van der Waals surface area contributed by atoms with Gasteiger partial charge >= 0.3 is 0 Å². The van der Waals surface area contributed by atoms with Crippen LogP contribution in [0.2, 0.25) is 0 Å². The van der Waals surface area contributed by atoms with E-state index in [1.807, 2.05) is 0 Å². The van der Waals surface area contributed by atoms with Crippen molar-refractivity contribution < 1.29 is 13.6 Å². The lowest BCUT2D eigenvalue weighted by atomic mass is 10.2. The lowest BCUT2D eigenvalue weighted by Crippen LogP contribution is -2.00. The number of rotatable bonds is 2. The number of para-hydroxylation sites is 1. The van der Waals surface area contributed by atoms with Crippen molar-refractivity contribution in [1.29, 1.82) is 0 Å². The molecule has 14 heavy (non-hydrogen) atoms. The van der Waals surface area contributed by atoms with Gasteiger partial charge in [-0.3, -0.25) is 13.0 Å². The van der Waals surface area contributed by atoms with Crippen molar-refractivity contribution in [2.24, 2.45) is 0 Å². The fraction of sp³-hybridized carbons (Fsp3) is 0. The first kappa shape index (κ1) is 9.11. The van der Waals surface area contributed by atoms with Gasteiger partial charge in [-0.2, -0.15) is 0 Å². The Bertz CT molecular complexity index is 518. The van der Waals surface area contributed by atoms with Crippen molar-refractivity contribution in [3.8, 4) is 0 Å². The van der Waals surface area contributed by atoms with E-state index in [1.165, 1.54) is 6.20 Å². The Morgan fingerprint density at radius 3 is 2.71 bits per heavy atom. The molecule has 2 aromatic rings. The Hall–Kier alpha value is -1.46. The Balaban J connectivity index is 2.86. The molecule has 0 bridgehead atoms. The standard InChI is InChI=1S/C9H7NO3S/c11-6-7-5-10(14(12)13)9-4-2-1-3-8(7)9/h1-6H,(H,12,13)/p-1. The van der Waals surface area contributed by atoms with Crippen molar-refractivity contribution in [3.05, 3.63) is 36.0 Å². The highest BCUT2D eigenvalue weighted by Crippen LogP contribution is 2.19. The summed E-state index contributed by atoms with van der Waals surface area (Å²) in [6.07, 6.45) is 1.95. The monoisotopic (exact) mass is 208 g/mol. The molecule has 0 N–H and O–H groups in total. The van der Waals surface area contributed by atoms with E-state index < -0.39 is 11.3 Å². The van der Waals surface area contributed by atoms with Crippen molar-refractivity contribution in [2.75, 3.05) is 0 Å². The Labute approximate surface area is 82.6 Å². The largest absolute Gasteiger partial charge is 0.755 e. The van der Waals surface area contributed by atoms with Gasteiger partial charge in [-0.25, -0.2) is 0 Å². The van der Waals surface area contributed by atoms with Gasteiger partial charge in [0, 0.05) is 17.1 Å². The highest BCUT2D eigenvalue weighted by atomic mass is 32.2. The van der Waals surface area contributed by atoms with E-state index in [2.05, 4.69) is 0 Å². The van der Waals surface area contributed by atoms with E-state index in [9.17, 15) is 13.6 Å². The summed E-state index contributed by atoms with van der Waals surface area (Å²) in [4.78, 5) is 10.6. The molecule has 0 saturated carbocycles. The molecule has 1 unspecified atom stereocenters. The Morgan fingerprint density at radius 2 is 2.07 bits per heavy atom. The zero-order valence-electron chi connectivity index (χ0n) is 7.04. The molecule has 72 valence electrons. The van der Waals surface area contributed by atoms with Crippen LogP contribution in [-0.2, 0) is 11.3 Å². The van der Waals surface area contributed by atoms with Gasteiger partial charge in [0.25, 0.3) is 0 Å². The third-order valence-corrected chi connectivity index (χ3v) is 2.62. The molecule has 0 aliphatic heterocycles. The van der Waals surface area contributed by atoms with Crippen LogP contribution < -0.4 is 0 Å². The van der Waals surface area contributed by atoms with Crippen LogP contribution in [0.4, 0.5) is 0 Å². The van der Waals surface area contributed by atoms with Crippen molar-refractivity contribution in [2.45, 2.75) is 0 Å². The van der Waals surface area contributed by atoms with Gasteiger partial charge in [0.2, 0.25) is 0 Å². The number of benzene rings is 1. The third kappa shape index (κ3) is 1.26. The number of carbonyl (C=O) groups is 1. The first-order valence-corrected chi connectivity index (χ1v) is 4.92. The summed E-state index contributed by atoms with van der Waals surface area (Å²) < 4.78 is 22.6. The molecule has 1 atom stereocenters. The average molecular weight is 208 g/mol. The minimum atomic E-state index is -2.38. The quantitative estimate of drug-likeness (QED) is 0.548. The minimum absolute atomic E-state index is 0.379. The second-order valence-corrected chi connectivity index (χ2v) is 3.59. The van der Waals surface area contributed by atoms with Gasteiger partial charge < -0.3 is 4.55 Å². The molecule has 1 heterocycles. The summed E-state index contributed by atoms with van der Waals surface area (Å²) in [5, 5.41) is 0.645. The van der Waals surface area contributed by atoms with Crippen molar-refractivity contribution in [3.63, 3.8) is 0 Å². The molecular formula is C9H6NO3S-. The number of hydrogen-bond donors (Lipinski definition) is 0. The maximum absolute atomic E-state index is 10.8. The average Bonchev–Trinajstić information content (AvgIpc) is 2.56. The van der Waals surface area contributed by atoms with Gasteiger partial charge in [-0.1, -0.05) is 18.2 Å². The molecule has 0 fully saturated rings. The van der Waals surface area contributed by atoms with E-state index in [4.69, 9.17) is 0 Å². The molecule has 2 rings (SSSR count). The van der Waals surface area contributed by atoms with Crippen LogP contribution in [0.3, 0.4) is 0 Å². The van der Waals surface area contributed by atoms with Crippen LogP contribution in [-0.4, -0.2) is 19.0 Å². The third-order valence-electron chi connectivity index (χ3n) is 2.00. The summed E-state index contributed by atoms with van der Waals surface area (Å²) in [6.45, 7) is 0. The molecule has 0 spiro atoms. The van der Waals surface area contributed by atoms with Crippen LogP contribution in [0.15, 0.2) is 30.5 Å². The molecule has 1 aromatic carbocycles. The van der Waals surface area contributed by atoms with Crippen molar-refractivity contribution >= 4 is 28.5 Å². The molecular weight excluding hydrogens is 202 g/mol. The lowest BCUT2D eigenvalue weighted by molar-refractivity contribution is 0.112. The zero-order valence-corrected chi connectivity index (χ0v) is 7.86. The molecule has 0 aliphatic rings. The molecule has 0 radical (unpaired) electrons. The summed E-state index contributed by atoms with van der Waals surface area (Å²) in [6, 6.07) is 6.84. The van der Waals surface area contributed by atoms with Gasteiger partial charge in [0.1, 0.15) is 0 Å². The van der Waals surface area contributed by atoms with E-state index in [1.54, 1.807) is 24.3 Å². The fourth-order valence-electron chi connectivity index (χ4n) is 1.39. The normalized spacial score (nSPS) is 12.9. The van der Waals surface area contributed by atoms with Gasteiger partial charge in [0.15, 0.2) is 6.29 Å². The summed E-state index contributed by atoms with van der Waals surface area (Å²) >= 11 is -2.38. The highest BCUT2D eigenvalue weighted by Gasteiger charge is 2.06. The zero-order chi connectivity index (χ0) is 10.1. The Kier molecular flexibility index (Phi) is 2.18. The molecule has 1 aromatic heterocycles. The lowest BCUT2D eigenvalue weighted by Gasteiger charge is -2.06. The van der Waals surface area contributed by atoms with E-state index >= 15 is 0 Å². The van der Waals surface area contributed by atoms with Crippen LogP contribution in [0.25, 0.3) is 10.9 Å². The van der Waals surface area contributed by atoms with Crippen LogP contribution >= 0.6 is 0 Å². The molecule has 0 aliphatic carbocycles. The van der Waals surface area contributed by atoms with Crippen molar-refractivity contribution in [1.82, 2.24) is 3.97 Å². The maximum Gasteiger partial charge on any atom is 0.152 e. The number of fused-ring (bicyclic) bond motifs is 1.